The van der Waals surface area contributed by atoms with Crippen LogP contribution in [0.3, 0.4) is 0 Å². The van der Waals surface area contributed by atoms with Gasteiger partial charge in [-0.15, -0.1) is 6.58 Å². The molecule has 1 rings (SSSR count). The van der Waals surface area contributed by atoms with Crippen LogP contribution in [-0.4, -0.2) is 37.4 Å². The van der Waals surface area contributed by atoms with E-state index >= 15 is 0 Å². The average molecular weight is 283 g/mol. The van der Waals surface area contributed by atoms with Crippen LogP contribution in [0.2, 0.25) is 0 Å². The lowest BCUT2D eigenvalue weighted by Crippen LogP contribution is -2.16. The molecule has 1 aromatic carbocycles. The van der Waals surface area contributed by atoms with Crippen molar-refractivity contribution in [1.29, 1.82) is 0 Å². The van der Waals surface area contributed by atoms with Gasteiger partial charge in [-0.3, -0.25) is 0 Å². The fourth-order valence-electron chi connectivity index (χ4n) is 1.59. The zero-order valence-corrected chi connectivity index (χ0v) is 12.3. The van der Waals surface area contributed by atoms with Crippen molar-refractivity contribution in [1.82, 2.24) is 5.32 Å². The highest BCUT2D eigenvalue weighted by Crippen LogP contribution is 2.36. The molecule has 0 aliphatic rings. The van der Waals surface area contributed by atoms with Crippen LogP contribution in [0.1, 0.15) is 5.56 Å². The molecule has 0 unspecified atom stereocenters. The molecule has 2 N–H and O–H groups in total. The molecule has 0 radical (unpaired) electrons. The van der Waals surface area contributed by atoms with E-state index in [1.54, 1.807) is 0 Å². The SMILES string of the molecule is C=CCSCCNCc1cc(OC)c(O)c(OC)c1. The van der Waals surface area contributed by atoms with Crippen molar-refractivity contribution < 1.29 is 14.6 Å². The average Bonchev–Trinajstić information content (AvgIpc) is 2.44. The Morgan fingerprint density at radius 2 is 1.95 bits per heavy atom. The third-order valence-electron chi connectivity index (χ3n) is 2.53. The Balaban J connectivity index is 2.51. The summed E-state index contributed by atoms with van der Waals surface area (Å²) in [5.74, 6) is 2.91. The number of methoxy groups -OCH3 is 2. The lowest BCUT2D eigenvalue weighted by atomic mass is 10.2. The molecule has 1 aromatic rings. The van der Waals surface area contributed by atoms with Crippen LogP contribution in [0, 0.1) is 0 Å². The third kappa shape index (κ3) is 5.04. The fourth-order valence-corrected chi connectivity index (χ4v) is 2.22. The van der Waals surface area contributed by atoms with Gasteiger partial charge in [0.2, 0.25) is 5.75 Å². The van der Waals surface area contributed by atoms with Crippen LogP contribution in [0.15, 0.2) is 24.8 Å². The summed E-state index contributed by atoms with van der Waals surface area (Å²) in [6, 6.07) is 3.61. The van der Waals surface area contributed by atoms with Gasteiger partial charge in [0.15, 0.2) is 11.5 Å². The largest absolute Gasteiger partial charge is 0.502 e. The van der Waals surface area contributed by atoms with Gasteiger partial charge in [0.25, 0.3) is 0 Å². The monoisotopic (exact) mass is 283 g/mol. The second-order valence-electron chi connectivity index (χ2n) is 3.89. The fraction of sp³-hybridized carbons (Fsp3) is 0.429. The van der Waals surface area contributed by atoms with Gasteiger partial charge >= 0.3 is 0 Å². The lowest BCUT2D eigenvalue weighted by molar-refractivity contribution is 0.339. The molecule has 19 heavy (non-hydrogen) atoms. The first kappa shape index (κ1) is 15.7. The molecule has 106 valence electrons. The minimum Gasteiger partial charge on any atom is -0.502 e. The molecule has 0 fully saturated rings. The van der Waals surface area contributed by atoms with Gasteiger partial charge in [-0.05, 0) is 17.7 Å². The highest BCUT2D eigenvalue weighted by Gasteiger charge is 2.10. The van der Waals surface area contributed by atoms with Crippen molar-refractivity contribution in [3.05, 3.63) is 30.4 Å². The van der Waals surface area contributed by atoms with E-state index in [-0.39, 0.29) is 5.75 Å². The topological polar surface area (TPSA) is 50.7 Å². The summed E-state index contributed by atoms with van der Waals surface area (Å²) in [6.45, 7) is 5.31. The summed E-state index contributed by atoms with van der Waals surface area (Å²) in [6.07, 6.45) is 1.90. The van der Waals surface area contributed by atoms with Crippen LogP contribution in [0.4, 0.5) is 0 Å². The molecule has 0 atom stereocenters. The summed E-state index contributed by atoms with van der Waals surface area (Å²) in [5.41, 5.74) is 1.01. The van der Waals surface area contributed by atoms with Crippen molar-refractivity contribution in [3.63, 3.8) is 0 Å². The second kappa shape index (κ2) is 8.72. The number of thioether (sulfide) groups is 1. The van der Waals surface area contributed by atoms with Gasteiger partial charge in [-0.25, -0.2) is 0 Å². The van der Waals surface area contributed by atoms with Gasteiger partial charge in [0, 0.05) is 24.6 Å². The van der Waals surface area contributed by atoms with E-state index in [0.29, 0.717) is 18.0 Å². The summed E-state index contributed by atoms with van der Waals surface area (Å²) in [7, 11) is 3.05. The Morgan fingerprint density at radius 1 is 1.32 bits per heavy atom. The summed E-state index contributed by atoms with van der Waals surface area (Å²) < 4.78 is 10.2. The minimum atomic E-state index is 0.0373. The number of hydrogen-bond acceptors (Lipinski definition) is 5. The number of aromatic hydroxyl groups is 1. The van der Waals surface area contributed by atoms with Crippen molar-refractivity contribution >= 4 is 11.8 Å². The van der Waals surface area contributed by atoms with Gasteiger partial charge < -0.3 is 19.9 Å². The van der Waals surface area contributed by atoms with Crippen molar-refractivity contribution in [2.75, 3.05) is 32.3 Å². The predicted octanol–water partition coefficient (Wildman–Crippen LogP) is 2.42. The number of phenolic OH excluding ortho intramolecular Hbond substituents is 1. The maximum atomic E-state index is 9.80. The van der Waals surface area contributed by atoms with Crippen LogP contribution >= 0.6 is 11.8 Å². The summed E-state index contributed by atoms with van der Waals surface area (Å²) in [5, 5.41) is 13.1. The normalized spacial score (nSPS) is 10.2. The van der Waals surface area contributed by atoms with Crippen LogP contribution < -0.4 is 14.8 Å². The maximum Gasteiger partial charge on any atom is 0.200 e. The van der Waals surface area contributed by atoms with E-state index in [2.05, 4.69) is 11.9 Å². The van der Waals surface area contributed by atoms with E-state index in [9.17, 15) is 5.11 Å². The molecule has 0 aliphatic carbocycles. The third-order valence-corrected chi connectivity index (χ3v) is 3.49. The molecule has 0 heterocycles. The first-order valence-electron chi connectivity index (χ1n) is 6.06. The summed E-state index contributed by atoms with van der Waals surface area (Å²) in [4.78, 5) is 0. The molecule has 4 nitrogen and oxygen atoms in total. The van der Waals surface area contributed by atoms with Crippen LogP contribution in [-0.2, 0) is 6.54 Å². The standard InChI is InChI=1S/C14H21NO3S/c1-4-6-19-7-5-15-10-11-8-12(17-2)14(16)13(9-11)18-3/h4,8-9,15-16H,1,5-7,10H2,2-3H3. The van der Waals surface area contributed by atoms with E-state index in [4.69, 9.17) is 9.47 Å². The number of benzene rings is 1. The zero-order valence-electron chi connectivity index (χ0n) is 11.4. The van der Waals surface area contributed by atoms with Gasteiger partial charge in [0.1, 0.15) is 0 Å². The van der Waals surface area contributed by atoms with Gasteiger partial charge in [0.05, 0.1) is 14.2 Å². The van der Waals surface area contributed by atoms with Gasteiger partial charge in [-0.2, -0.15) is 11.8 Å². The zero-order chi connectivity index (χ0) is 14.1. The maximum absolute atomic E-state index is 9.80. The molecule has 0 amide bonds. The number of rotatable bonds is 9. The van der Waals surface area contributed by atoms with E-state index in [1.165, 1.54) is 14.2 Å². The molecular formula is C14H21NO3S. The van der Waals surface area contributed by atoms with Crippen molar-refractivity contribution in [3.8, 4) is 17.2 Å². The van der Waals surface area contributed by atoms with Crippen LogP contribution in [0.25, 0.3) is 0 Å². The first-order valence-corrected chi connectivity index (χ1v) is 7.21. The van der Waals surface area contributed by atoms with Crippen molar-refractivity contribution in [2.24, 2.45) is 0 Å². The lowest BCUT2D eigenvalue weighted by Gasteiger charge is -2.11. The predicted molar refractivity (Wildman–Crippen MR) is 80.4 cm³/mol. The van der Waals surface area contributed by atoms with E-state index < -0.39 is 0 Å². The minimum absolute atomic E-state index is 0.0373. The molecule has 0 aromatic heterocycles. The second-order valence-corrected chi connectivity index (χ2v) is 5.04. The van der Waals surface area contributed by atoms with E-state index in [1.807, 2.05) is 30.0 Å². The first-order chi connectivity index (χ1) is 9.22. The molecule has 0 aliphatic heterocycles. The van der Waals surface area contributed by atoms with Crippen molar-refractivity contribution in [2.45, 2.75) is 6.54 Å². The number of phenols is 1. The smallest absolute Gasteiger partial charge is 0.200 e. The van der Waals surface area contributed by atoms with Gasteiger partial charge in [-0.1, -0.05) is 6.08 Å². The Morgan fingerprint density at radius 3 is 2.47 bits per heavy atom. The Kier molecular flexibility index (Phi) is 7.22. The molecule has 0 saturated carbocycles. The quantitative estimate of drug-likeness (QED) is 0.538. The Bertz CT molecular complexity index is 385. The van der Waals surface area contributed by atoms with E-state index in [0.717, 1.165) is 23.6 Å². The summed E-state index contributed by atoms with van der Waals surface area (Å²) >= 11 is 1.84. The highest BCUT2D eigenvalue weighted by atomic mass is 32.2. The number of ether oxygens (including phenoxy) is 2. The van der Waals surface area contributed by atoms with Crippen LogP contribution in [0.5, 0.6) is 17.2 Å². The molecular weight excluding hydrogens is 262 g/mol. The highest BCUT2D eigenvalue weighted by molar-refractivity contribution is 7.99. The molecule has 5 heteroatoms. The molecule has 0 bridgehead atoms. The molecule has 0 saturated heterocycles. The number of nitrogens with one attached hydrogen (secondary N) is 1. The Labute approximate surface area is 118 Å². The Hall–Kier alpha value is -1.33. The number of hydrogen-bond donors (Lipinski definition) is 2. The molecule has 0 spiro atoms.